The summed E-state index contributed by atoms with van der Waals surface area (Å²) in [5.74, 6) is -0.459. The first-order valence-electron chi connectivity index (χ1n) is 9.93. The predicted octanol–water partition coefficient (Wildman–Crippen LogP) is 3.01. The van der Waals surface area contributed by atoms with E-state index in [1.807, 2.05) is 24.3 Å². The molecule has 0 saturated heterocycles. The third kappa shape index (κ3) is 6.88. The molecule has 0 bridgehead atoms. The first kappa shape index (κ1) is 25.0. The zero-order valence-electron chi connectivity index (χ0n) is 17.9. The van der Waals surface area contributed by atoms with Gasteiger partial charge in [0, 0.05) is 38.1 Å². The molecule has 2 aromatic carbocycles. The minimum Gasteiger partial charge on any atom is -0.357 e. The highest BCUT2D eigenvalue weighted by Gasteiger charge is 2.26. The van der Waals surface area contributed by atoms with Crippen LogP contribution < -0.4 is 5.32 Å². The maximum absolute atomic E-state index is 12.9. The molecule has 0 aliphatic carbocycles. The summed E-state index contributed by atoms with van der Waals surface area (Å²) in [6.45, 7) is 2.17. The van der Waals surface area contributed by atoms with Gasteiger partial charge in [-0.1, -0.05) is 46.3 Å². The standard InChI is InChI=1S/C22H28BrN3O4S/c1-17(22(28)24-2)26(16-18-11-13-19(23)14-12-18)21(27)10-7-15-25(3)31(29,30)20-8-5-4-6-9-20/h4-6,8-9,11-14,17H,7,10,15-16H2,1-3H3,(H,24,28)/t17-/m0/s1. The minimum absolute atomic E-state index is 0.131. The van der Waals surface area contributed by atoms with E-state index in [1.54, 1.807) is 37.3 Å². The molecule has 0 fully saturated rings. The molecule has 0 aromatic heterocycles. The van der Waals surface area contributed by atoms with Crippen LogP contribution >= 0.6 is 15.9 Å². The fourth-order valence-electron chi connectivity index (χ4n) is 3.07. The molecule has 0 aliphatic rings. The normalized spacial score (nSPS) is 12.4. The van der Waals surface area contributed by atoms with Crippen molar-refractivity contribution < 1.29 is 18.0 Å². The molecule has 31 heavy (non-hydrogen) atoms. The third-order valence-corrected chi connectivity index (χ3v) is 7.39. The average Bonchev–Trinajstić information content (AvgIpc) is 2.77. The van der Waals surface area contributed by atoms with Gasteiger partial charge in [-0.05, 0) is 43.2 Å². The largest absolute Gasteiger partial charge is 0.357 e. The molecule has 2 aromatic rings. The van der Waals surface area contributed by atoms with E-state index in [0.717, 1.165) is 10.0 Å². The highest BCUT2D eigenvalue weighted by atomic mass is 79.9. The lowest BCUT2D eigenvalue weighted by atomic mass is 10.1. The summed E-state index contributed by atoms with van der Waals surface area (Å²) >= 11 is 3.39. The predicted molar refractivity (Wildman–Crippen MR) is 124 cm³/mol. The van der Waals surface area contributed by atoms with Crippen molar-refractivity contribution >= 4 is 37.8 Å². The van der Waals surface area contributed by atoms with Gasteiger partial charge in [-0.25, -0.2) is 12.7 Å². The van der Waals surface area contributed by atoms with Crippen LogP contribution in [0, 0.1) is 0 Å². The fourth-order valence-corrected chi connectivity index (χ4v) is 4.56. The van der Waals surface area contributed by atoms with Crippen LogP contribution in [0.4, 0.5) is 0 Å². The van der Waals surface area contributed by atoms with Crippen LogP contribution in [-0.4, -0.2) is 56.1 Å². The Balaban J connectivity index is 2.03. The van der Waals surface area contributed by atoms with Gasteiger partial charge in [0.15, 0.2) is 0 Å². The lowest BCUT2D eigenvalue weighted by Gasteiger charge is -2.28. The van der Waals surface area contributed by atoms with E-state index >= 15 is 0 Å². The van der Waals surface area contributed by atoms with Crippen molar-refractivity contribution in [3.05, 3.63) is 64.6 Å². The molecule has 9 heteroatoms. The van der Waals surface area contributed by atoms with Crippen LogP contribution in [0.1, 0.15) is 25.3 Å². The van der Waals surface area contributed by atoms with E-state index in [-0.39, 0.29) is 29.7 Å². The quantitative estimate of drug-likeness (QED) is 0.533. The number of sulfonamides is 1. The summed E-state index contributed by atoms with van der Waals surface area (Å²) in [5, 5.41) is 2.58. The smallest absolute Gasteiger partial charge is 0.242 e. The molecular formula is C22H28BrN3O4S. The number of likely N-dealkylation sites (N-methyl/N-ethyl adjacent to an activating group) is 1. The van der Waals surface area contributed by atoms with Crippen molar-refractivity contribution in [3.63, 3.8) is 0 Å². The Kier molecular flexibility index (Phi) is 9.21. The Morgan fingerprint density at radius 1 is 1.06 bits per heavy atom. The Morgan fingerprint density at radius 3 is 2.26 bits per heavy atom. The first-order chi connectivity index (χ1) is 14.7. The highest BCUT2D eigenvalue weighted by molar-refractivity contribution is 9.10. The van der Waals surface area contributed by atoms with Gasteiger partial charge in [0.1, 0.15) is 6.04 Å². The van der Waals surface area contributed by atoms with Crippen molar-refractivity contribution in [2.24, 2.45) is 0 Å². The number of amides is 2. The number of rotatable bonds is 10. The molecule has 0 heterocycles. The second-order valence-electron chi connectivity index (χ2n) is 7.18. The molecule has 2 amide bonds. The maximum Gasteiger partial charge on any atom is 0.242 e. The number of hydrogen-bond acceptors (Lipinski definition) is 4. The zero-order valence-corrected chi connectivity index (χ0v) is 20.3. The van der Waals surface area contributed by atoms with Crippen molar-refractivity contribution in [1.29, 1.82) is 0 Å². The molecule has 0 radical (unpaired) electrons. The zero-order chi connectivity index (χ0) is 23.0. The monoisotopic (exact) mass is 509 g/mol. The summed E-state index contributed by atoms with van der Waals surface area (Å²) in [7, 11) is -0.572. The van der Waals surface area contributed by atoms with Crippen LogP contribution in [0.15, 0.2) is 64.0 Å². The van der Waals surface area contributed by atoms with Gasteiger partial charge in [0.05, 0.1) is 4.90 Å². The van der Waals surface area contributed by atoms with Crippen LogP contribution in [0.2, 0.25) is 0 Å². The van der Waals surface area contributed by atoms with Crippen LogP contribution in [0.5, 0.6) is 0 Å². The Morgan fingerprint density at radius 2 is 1.68 bits per heavy atom. The summed E-state index contributed by atoms with van der Waals surface area (Å²) in [6.07, 6.45) is 0.477. The summed E-state index contributed by atoms with van der Waals surface area (Å²) in [6, 6.07) is 15.1. The molecule has 0 unspecified atom stereocenters. The van der Waals surface area contributed by atoms with Gasteiger partial charge in [0.25, 0.3) is 0 Å². The molecule has 168 valence electrons. The molecule has 1 N–H and O–H groups in total. The minimum atomic E-state index is -3.60. The summed E-state index contributed by atoms with van der Waals surface area (Å²) < 4.78 is 27.4. The van der Waals surface area contributed by atoms with Gasteiger partial charge < -0.3 is 10.2 Å². The van der Waals surface area contributed by atoms with Crippen molar-refractivity contribution in [1.82, 2.24) is 14.5 Å². The van der Waals surface area contributed by atoms with Crippen LogP contribution in [-0.2, 0) is 26.2 Å². The Hall–Kier alpha value is -2.23. The van der Waals surface area contributed by atoms with E-state index < -0.39 is 16.1 Å². The number of hydrogen-bond donors (Lipinski definition) is 1. The number of carbonyl (C=O) groups is 2. The van der Waals surface area contributed by atoms with Crippen molar-refractivity contribution in [3.8, 4) is 0 Å². The summed E-state index contributed by atoms with van der Waals surface area (Å²) in [4.78, 5) is 26.9. The average molecular weight is 510 g/mol. The van der Waals surface area contributed by atoms with Gasteiger partial charge >= 0.3 is 0 Å². The SMILES string of the molecule is CNC(=O)[C@H](C)N(Cc1ccc(Br)cc1)C(=O)CCCN(C)S(=O)(=O)c1ccccc1. The third-order valence-electron chi connectivity index (χ3n) is 4.99. The molecular weight excluding hydrogens is 482 g/mol. The molecule has 2 rings (SSSR count). The van der Waals surface area contributed by atoms with Crippen molar-refractivity contribution in [2.75, 3.05) is 20.6 Å². The Bertz CT molecular complexity index is 982. The Labute approximate surface area is 192 Å². The fraction of sp³-hybridized carbons (Fsp3) is 0.364. The summed E-state index contributed by atoms with van der Waals surface area (Å²) in [5.41, 5.74) is 0.899. The molecule has 0 aliphatic heterocycles. The van der Waals surface area contributed by atoms with E-state index in [2.05, 4.69) is 21.2 Å². The van der Waals surface area contributed by atoms with Gasteiger partial charge in [-0.15, -0.1) is 0 Å². The van der Waals surface area contributed by atoms with Crippen LogP contribution in [0.3, 0.4) is 0 Å². The number of benzene rings is 2. The number of carbonyl (C=O) groups excluding carboxylic acids is 2. The maximum atomic E-state index is 12.9. The number of nitrogens with one attached hydrogen (secondary N) is 1. The van der Waals surface area contributed by atoms with Gasteiger partial charge in [0.2, 0.25) is 21.8 Å². The molecule has 0 saturated carbocycles. The topological polar surface area (TPSA) is 86.8 Å². The lowest BCUT2D eigenvalue weighted by molar-refractivity contribution is -0.140. The lowest BCUT2D eigenvalue weighted by Crippen LogP contribution is -2.46. The van der Waals surface area contributed by atoms with Crippen LogP contribution in [0.25, 0.3) is 0 Å². The van der Waals surface area contributed by atoms with E-state index in [0.29, 0.717) is 13.0 Å². The first-order valence-corrected chi connectivity index (χ1v) is 12.2. The van der Waals surface area contributed by atoms with Gasteiger partial charge in [-0.3, -0.25) is 9.59 Å². The van der Waals surface area contributed by atoms with Gasteiger partial charge in [-0.2, -0.15) is 0 Å². The number of halogens is 1. The highest BCUT2D eigenvalue weighted by Crippen LogP contribution is 2.17. The molecule has 7 nitrogen and oxygen atoms in total. The molecule has 0 spiro atoms. The molecule has 1 atom stereocenters. The number of nitrogens with zero attached hydrogens (tertiary/aromatic N) is 2. The second kappa shape index (κ2) is 11.4. The van der Waals surface area contributed by atoms with E-state index in [9.17, 15) is 18.0 Å². The van der Waals surface area contributed by atoms with E-state index in [4.69, 9.17) is 0 Å². The second-order valence-corrected chi connectivity index (χ2v) is 10.1. The van der Waals surface area contributed by atoms with E-state index in [1.165, 1.54) is 23.3 Å². The van der Waals surface area contributed by atoms with Crippen molar-refractivity contribution in [2.45, 2.75) is 37.2 Å².